The Hall–Kier alpha value is -3.17. The van der Waals surface area contributed by atoms with Gasteiger partial charge in [0.25, 0.3) is 5.56 Å². The van der Waals surface area contributed by atoms with Crippen molar-refractivity contribution in [1.29, 1.82) is 0 Å². The molecule has 9 heteroatoms. The molecular weight excluding hydrogens is 440 g/mol. The van der Waals surface area contributed by atoms with Gasteiger partial charge in [-0.25, -0.2) is 9.78 Å². The number of fused-ring (bicyclic) bond motifs is 1. The molecule has 1 unspecified atom stereocenters. The molecule has 3 aromatic rings. The summed E-state index contributed by atoms with van der Waals surface area (Å²) in [6, 6.07) is 12.1. The van der Waals surface area contributed by atoms with Crippen LogP contribution in [-0.4, -0.2) is 40.0 Å². The Labute approximate surface area is 195 Å². The summed E-state index contributed by atoms with van der Waals surface area (Å²) in [7, 11) is 0. The first-order valence-electron chi connectivity index (χ1n) is 10.8. The fourth-order valence-electron chi connectivity index (χ4n) is 3.74. The van der Waals surface area contributed by atoms with Gasteiger partial charge in [0.2, 0.25) is 5.91 Å². The number of urea groups is 1. The van der Waals surface area contributed by atoms with Crippen LogP contribution in [0.2, 0.25) is 0 Å². The minimum atomic E-state index is -0.600. The molecule has 2 aromatic carbocycles. The number of ether oxygens (including phenoxy) is 1. The molecule has 172 valence electrons. The molecule has 0 spiro atoms. The minimum absolute atomic E-state index is 0.0535. The molecule has 1 fully saturated rings. The van der Waals surface area contributed by atoms with E-state index in [1.165, 1.54) is 0 Å². The fourth-order valence-corrected chi connectivity index (χ4v) is 4.55. The van der Waals surface area contributed by atoms with Crippen molar-refractivity contribution >= 4 is 40.3 Å². The molecule has 8 nitrogen and oxygen atoms in total. The van der Waals surface area contributed by atoms with Crippen LogP contribution in [0, 0.1) is 13.8 Å². The zero-order chi connectivity index (χ0) is 23.4. The number of benzene rings is 2. The molecule has 0 aliphatic carbocycles. The number of nitrogens with zero attached hydrogens (tertiary/aromatic N) is 2. The van der Waals surface area contributed by atoms with Crippen molar-refractivity contribution in [2.24, 2.45) is 0 Å². The average Bonchev–Trinajstić information content (AvgIpc) is 3.31. The lowest BCUT2D eigenvalue weighted by atomic mass is 10.1. The lowest BCUT2D eigenvalue weighted by Gasteiger charge is -2.16. The highest BCUT2D eigenvalue weighted by molar-refractivity contribution is 7.99. The van der Waals surface area contributed by atoms with Crippen LogP contribution in [0.25, 0.3) is 10.9 Å². The van der Waals surface area contributed by atoms with Crippen molar-refractivity contribution in [3.63, 3.8) is 0 Å². The highest BCUT2D eigenvalue weighted by Crippen LogP contribution is 2.21. The third-order valence-electron chi connectivity index (χ3n) is 5.67. The number of hydrogen-bond donors (Lipinski definition) is 2. The second kappa shape index (κ2) is 10.2. The Bertz CT molecular complexity index is 1250. The van der Waals surface area contributed by atoms with E-state index in [9.17, 15) is 14.4 Å². The van der Waals surface area contributed by atoms with Gasteiger partial charge in [-0.3, -0.25) is 19.5 Å². The van der Waals surface area contributed by atoms with Crippen molar-refractivity contribution in [2.45, 2.75) is 44.5 Å². The third kappa shape index (κ3) is 5.43. The summed E-state index contributed by atoms with van der Waals surface area (Å²) < 4.78 is 7.28. The summed E-state index contributed by atoms with van der Waals surface area (Å²) in [5.41, 5.74) is 3.04. The first-order valence-corrected chi connectivity index (χ1v) is 11.8. The van der Waals surface area contributed by atoms with E-state index >= 15 is 0 Å². The normalized spacial score (nSPS) is 15.5. The largest absolute Gasteiger partial charge is 0.376 e. The van der Waals surface area contributed by atoms with Crippen LogP contribution in [0.3, 0.4) is 0 Å². The molecule has 33 heavy (non-hydrogen) atoms. The molecule has 1 atom stereocenters. The zero-order valence-electron chi connectivity index (χ0n) is 18.6. The monoisotopic (exact) mass is 466 g/mol. The molecule has 0 radical (unpaired) electrons. The van der Waals surface area contributed by atoms with Gasteiger partial charge >= 0.3 is 6.03 Å². The van der Waals surface area contributed by atoms with Crippen LogP contribution >= 0.6 is 11.8 Å². The number of aryl methyl sites for hydroxylation is 1. The molecule has 0 bridgehead atoms. The maximum absolute atomic E-state index is 13.1. The fraction of sp³-hybridized carbons (Fsp3) is 0.333. The molecule has 2 N–H and O–H groups in total. The third-order valence-corrected chi connectivity index (χ3v) is 6.65. The maximum atomic E-state index is 13.1. The average molecular weight is 467 g/mol. The number of thioether (sulfide) groups is 1. The number of hydrogen-bond acceptors (Lipinski definition) is 6. The zero-order valence-corrected chi connectivity index (χ0v) is 19.4. The smallest absolute Gasteiger partial charge is 0.325 e. The first-order chi connectivity index (χ1) is 15.9. The summed E-state index contributed by atoms with van der Waals surface area (Å²) in [6.07, 6.45) is 1.78. The lowest BCUT2D eigenvalue weighted by molar-refractivity contribution is -0.117. The summed E-state index contributed by atoms with van der Waals surface area (Å²) in [4.78, 5) is 42.4. The van der Waals surface area contributed by atoms with E-state index in [0.717, 1.165) is 35.7 Å². The number of carbonyl (C=O) groups excluding carboxylic acids is 2. The van der Waals surface area contributed by atoms with Gasteiger partial charge in [-0.15, -0.1) is 0 Å². The predicted octanol–water partition coefficient (Wildman–Crippen LogP) is 3.63. The number of amides is 3. The number of imide groups is 1. The van der Waals surface area contributed by atoms with Crippen LogP contribution in [0.4, 0.5) is 10.5 Å². The highest BCUT2D eigenvalue weighted by atomic mass is 32.2. The number of anilines is 1. The second-order valence-corrected chi connectivity index (χ2v) is 8.94. The van der Waals surface area contributed by atoms with Gasteiger partial charge in [0.1, 0.15) is 0 Å². The van der Waals surface area contributed by atoms with Crippen LogP contribution in [0.1, 0.15) is 24.0 Å². The van der Waals surface area contributed by atoms with Crippen LogP contribution < -0.4 is 16.2 Å². The Balaban J connectivity index is 1.46. The van der Waals surface area contributed by atoms with Gasteiger partial charge < -0.3 is 10.1 Å². The quantitative estimate of drug-likeness (QED) is 0.425. The Morgan fingerprint density at radius 3 is 2.79 bits per heavy atom. The number of nitrogens with one attached hydrogen (secondary N) is 2. The van der Waals surface area contributed by atoms with Gasteiger partial charge in [-0.2, -0.15) is 0 Å². The summed E-state index contributed by atoms with van der Waals surface area (Å²) in [5, 5.41) is 6.00. The molecule has 1 aliphatic rings. The standard InChI is InChI=1S/C24H26N4O4S/c1-15-7-5-11-19(16(15)2)25-23(31)27-21(29)14-33-24-26-20-10-4-3-9-18(20)22(30)28(24)13-17-8-6-12-32-17/h3-5,7,9-11,17H,6,8,12-14H2,1-2H3,(H2,25,27,29,31). The molecular formula is C24H26N4O4S. The van der Waals surface area contributed by atoms with Crippen molar-refractivity contribution in [2.75, 3.05) is 17.7 Å². The maximum Gasteiger partial charge on any atom is 0.325 e. The SMILES string of the molecule is Cc1cccc(NC(=O)NC(=O)CSc2nc3ccccc3c(=O)n2CC2CCCO2)c1C. The van der Waals surface area contributed by atoms with Crippen molar-refractivity contribution in [3.8, 4) is 0 Å². The van der Waals surface area contributed by atoms with E-state index in [0.29, 0.717) is 34.9 Å². The van der Waals surface area contributed by atoms with Crippen LogP contribution in [0.5, 0.6) is 0 Å². The van der Waals surface area contributed by atoms with Gasteiger partial charge in [0.15, 0.2) is 5.16 Å². The van der Waals surface area contributed by atoms with Crippen LogP contribution in [-0.2, 0) is 16.1 Å². The van der Waals surface area contributed by atoms with E-state index in [4.69, 9.17) is 4.74 Å². The first kappa shape index (κ1) is 23.0. The van der Waals surface area contributed by atoms with E-state index < -0.39 is 11.9 Å². The Morgan fingerprint density at radius 1 is 1.18 bits per heavy atom. The van der Waals surface area contributed by atoms with E-state index in [2.05, 4.69) is 15.6 Å². The van der Waals surface area contributed by atoms with Gasteiger partial charge in [0.05, 0.1) is 29.3 Å². The lowest BCUT2D eigenvalue weighted by Crippen LogP contribution is -2.36. The van der Waals surface area contributed by atoms with Crippen molar-refractivity contribution in [1.82, 2.24) is 14.9 Å². The summed E-state index contributed by atoms with van der Waals surface area (Å²) in [6.45, 7) is 4.92. The van der Waals surface area contributed by atoms with Crippen molar-refractivity contribution in [3.05, 3.63) is 63.9 Å². The molecule has 1 saturated heterocycles. The van der Waals surface area contributed by atoms with Crippen LogP contribution in [0.15, 0.2) is 52.4 Å². The predicted molar refractivity (Wildman–Crippen MR) is 129 cm³/mol. The number of rotatable bonds is 6. The molecule has 2 heterocycles. The number of aromatic nitrogens is 2. The van der Waals surface area contributed by atoms with Gasteiger partial charge in [-0.05, 0) is 56.0 Å². The van der Waals surface area contributed by atoms with Crippen molar-refractivity contribution < 1.29 is 14.3 Å². The summed E-state index contributed by atoms with van der Waals surface area (Å²) in [5.74, 6) is -0.537. The van der Waals surface area contributed by atoms with Gasteiger partial charge in [0, 0.05) is 12.3 Å². The van der Waals surface area contributed by atoms with E-state index in [-0.39, 0.29) is 17.4 Å². The molecule has 3 amide bonds. The summed E-state index contributed by atoms with van der Waals surface area (Å²) >= 11 is 1.13. The molecule has 1 aliphatic heterocycles. The second-order valence-electron chi connectivity index (χ2n) is 8.00. The van der Waals surface area contributed by atoms with E-state index in [1.54, 1.807) is 28.8 Å². The van der Waals surface area contributed by atoms with E-state index in [1.807, 2.05) is 32.0 Å². The molecule has 4 rings (SSSR count). The Morgan fingerprint density at radius 2 is 2.00 bits per heavy atom. The topological polar surface area (TPSA) is 102 Å². The number of carbonyl (C=O) groups is 2. The molecule has 1 aromatic heterocycles. The molecule has 0 saturated carbocycles. The Kier molecular flexibility index (Phi) is 7.10. The minimum Gasteiger partial charge on any atom is -0.376 e. The number of para-hydroxylation sites is 1. The van der Waals surface area contributed by atoms with Gasteiger partial charge in [-0.1, -0.05) is 36.0 Å². The highest BCUT2D eigenvalue weighted by Gasteiger charge is 2.21.